The molecule has 0 bridgehead atoms. The highest BCUT2D eigenvalue weighted by atomic mass is 19.4. The molecule has 150 valence electrons. The quantitative estimate of drug-likeness (QED) is 0.513. The molecule has 8 nitrogen and oxygen atoms in total. The second-order valence-electron chi connectivity index (χ2n) is 6.94. The van der Waals surface area contributed by atoms with E-state index in [0.29, 0.717) is 32.0 Å². The molecule has 0 spiro atoms. The Hall–Kier alpha value is -3.37. The number of aryl methyl sites for hydroxylation is 1. The number of rotatable bonds is 2. The van der Waals surface area contributed by atoms with Crippen molar-refractivity contribution in [2.45, 2.75) is 6.18 Å². The smallest absolute Gasteiger partial charge is 0.352 e. The van der Waals surface area contributed by atoms with Crippen molar-refractivity contribution >= 4 is 28.3 Å². The molecular weight excluding hydrogens is 385 g/mol. The third-order valence-electron chi connectivity index (χ3n) is 5.17. The minimum Gasteiger partial charge on any atom is -0.352 e. The first-order valence-corrected chi connectivity index (χ1v) is 9.08. The van der Waals surface area contributed by atoms with Crippen molar-refractivity contribution in [3.63, 3.8) is 0 Å². The summed E-state index contributed by atoms with van der Waals surface area (Å²) in [5, 5.41) is 0.978. The normalized spacial score (nSPS) is 15.6. The van der Waals surface area contributed by atoms with Crippen LogP contribution in [-0.2, 0) is 13.2 Å². The molecule has 0 aromatic carbocycles. The van der Waals surface area contributed by atoms with Crippen molar-refractivity contribution < 1.29 is 13.2 Å². The maximum atomic E-state index is 13.0. The van der Waals surface area contributed by atoms with Gasteiger partial charge in [0.15, 0.2) is 17.2 Å². The molecule has 29 heavy (non-hydrogen) atoms. The fourth-order valence-electron chi connectivity index (χ4n) is 3.71. The van der Waals surface area contributed by atoms with E-state index in [1.807, 2.05) is 28.8 Å². The number of nitrogens with zero attached hydrogens (tertiary/aromatic N) is 8. The summed E-state index contributed by atoms with van der Waals surface area (Å²) in [6, 6.07) is 1.99. The Balaban J connectivity index is 1.41. The van der Waals surface area contributed by atoms with E-state index in [-0.39, 0.29) is 5.65 Å². The van der Waals surface area contributed by atoms with Crippen LogP contribution < -0.4 is 9.80 Å². The molecule has 5 rings (SSSR count). The molecule has 0 N–H and O–H groups in total. The van der Waals surface area contributed by atoms with Crippen LogP contribution in [0.15, 0.2) is 37.2 Å². The second-order valence-corrected chi connectivity index (χ2v) is 6.94. The fraction of sp³-hybridized carbons (Fsp3) is 0.333. The first kappa shape index (κ1) is 17.7. The van der Waals surface area contributed by atoms with E-state index >= 15 is 0 Å². The summed E-state index contributed by atoms with van der Waals surface area (Å²) >= 11 is 0. The number of anilines is 2. The van der Waals surface area contributed by atoms with E-state index in [9.17, 15) is 13.2 Å². The molecule has 0 saturated carbocycles. The van der Waals surface area contributed by atoms with Crippen LogP contribution in [0.2, 0.25) is 0 Å². The van der Waals surface area contributed by atoms with Crippen LogP contribution >= 0.6 is 0 Å². The predicted molar refractivity (Wildman–Crippen MR) is 101 cm³/mol. The summed E-state index contributed by atoms with van der Waals surface area (Å²) in [5.41, 5.74) is 0.152. The maximum Gasteiger partial charge on any atom is 0.434 e. The topological polar surface area (TPSA) is 67.4 Å². The van der Waals surface area contributed by atoms with Crippen molar-refractivity contribution in [3.05, 3.63) is 42.9 Å². The third kappa shape index (κ3) is 2.93. The Morgan fingerprint density at radius 2 is 1.62 bits per heavy atom. The molecule has 1 saturated heterocycles. The van der Waals surface area contributed by atoms with E-state index in [1.54, 1.807) is 6.33 Å². The standard InChI is InChI=1S/C18H17F3N8/c1-26-4-2-12-14(26)23-11-24-15(12)27-6-8-28(9-7-27)16-17-25-13(18(19,20)21)10-29(17)5-3-22-16/h2-5,10-11H,6-9H2,1H3. The van der Waals surface area contributed by atoms with Gasteiger partial charge in [0.2, 0.25) is 0 Å². The SMILES string of the molecule is Cn1ccc2c(N3CCN(c4nccn5cc(C(F)(F)F)nc45)CC3)ncnc21. The molecule has 0 amide bonds. The Morgan fingerprint density at radius 1 is 0.897 bits per heavy atom. The number of halogens is 3. The van der Waals surface area contributed by atoms with Gasteiger partial charge in [-0.25, -0.2) is 19.9 Å². The first-order valence-electron chi connectivity index (χ1n) is 9.08. The lowest BCUT2D eigenvalue weighted by Crippen LogP contribution is -2.47. The molecule has 1 fully saturated rings. The highest BCUT2D eigenvalue weighted by Crippen LogP contribution is 2.31. The summed E-state index contributed by atoms with van der Waals surface area (Å²) in [6.07, 6.45) is 2.97. The molecule has 1 aliphatic heterocycles. The van der Waals surface area contributed by atoms with E-state index < -0.39 is 11.9 Å². The highest BCUT2D eigenvalue weighted by molar-refractivity contribution is 5.88. The van der Waals surface area contributed by atoms with Gasteiger partial charge in [0.05, 0.1) is 5.39 Å². The van der Waals surface area contributed by atoms with E-state index in [4.69, 9.17) is 0 Å². The molecule has 4 aromatic heterocycles. The van der Waals surface area contributed by atoms with E-state index in [1.165, 1.54) is 16.8 Å². The summed E-state index contributed by atoms with van der Waals surface area (Å²) in [6.45, 7) is 2.52. The summed E-state index contributed by atoms with van der Waals surface area (Å²) in [5.74, 6) is 1.32. The van der Waals surface area contributed by atoms with Crippen LogP contribution in [0.1, 0.15) is 5.69 Å². The molecule has 4 aromatic rings. The maximum absolute atomic E-state index is 13.0. The van der Waals surface area contributed by atoms with Crippen molar-refractivity contribution in [2.75, 3.05) is 36.0 Å². The van der Waals surface area contributed by atoms with Crippen LogP contribution in [0.3, 0.4) is 0 Å². The van der Waals surface area contributed by atoms with Crippen molar-refractivity contribution in [1.82, 2.24) is 28.9 Å². The van der Waals surface area contributed by atoms with Gasteiger partial charge >= 0.3 is 6.18 Å². The Kier molecular flexibility index (Phi) is 3.86. The molecular formula is C18H17F3N8. The Morgan fingerprint density at radius 3 is 2.34 bits per heavy atom. The summed E-state index contributed by atoms with van der Waals surface area (Å²) in [4.78, 5) is 21.0. The van der Waals surface area contributed by atoms with Gasteiger partial charge in [0, 0.05) is 58.0 Å². The van der Waals surface area contributed by atoms with Crippen LogP contribution in [0.5, 0.6) is 0 Å². The average molecular weight is 402 g/mol. The average Bonchev–Trinajstić information content (AvgIpc) is 3.32. The highest BCUT2D eigenvalue weighted by Gasteiger charge is 2.35. The van der Waals surface area contributed by atoms with Crippen molar-refractivity contribution in [2.24, 2.45) is 7.05 Å². The van der Waals surface area contributed by atoms with Gasteiger partial charge in [-0.1, -0.05) is 0 Å². The number of fused-ring (bicyclic) bond motifs is 2. The van der Waals surface area contributed by atoms with Gasteiger partial charge < -0.3 is 18.8 Å². The zero-order chi connectivity index (χ0) is 20.2. The van der Waals surface area contributed by atoms with Gasteiger partial charge in [-0.15, -0.1) is 0 Å². The Bertz CT molecular complexity index is 1190. The molecule has 0 atom stereocenters. The van der Waals surface area contributed by atoms with Crippen LogP contribution in [0, 0.1) is 0 Å². The lowest BCUT2D eigenvalue weighted by Gasteiger charge is -2.36. The minimum atomic E-state index is -4.49. The lowest BCUT2D eigenvalue weighted by molar-refractivity contribution is -0.140. The number of hydrogen-bond acceptors (Lipinski definition) is 6. The zero-order valence-corrected chi connectivity index (χ0v) is 15.5. The Labute approximate surface area is 163 Å². The summed E-state index contributed by atoms with van der Waals surface area (Å²) < 4.78 is 42.4. The monoisotopic (exact) mass is 402 g/mol. The van der Waals surface area contributed by atoms with Gasteiger partial charge in [-0.2, -0.15) is 13.2 Å². The molecule has 11 heteroatoms. The lowest BCUT2D eigenvalue weighted by atomic mass is 10.2. The fourth-order valence-corrected chi connectivity index (χ4v) is 3.71. The molecule has 0 unspecified atom stereocenters. The molecule has 0 radical (unpaired) electrons. The third-order valence-corrected chi connectivity index (χ3v) is 5.17. The van der Waals surface area contributed by atoms with E-state index in [2.05, 4.69) is 24.8 Å². The molecule has 5 heterocycles. The number of imidazole rings is 1. The number of aromatic nitrogens is 6. The largest absolute Gasteiger partial charge is 0.434 e. The second kappa shape index (κ2) is 6.33. The number of hydrogen-bond donors (Lipinski definition) is 0. The van der Waals surface area contributed by atoms with Crippen molar-refractivity contribution in [1.29, 1.82) is 0 Å². The zero-order valence-electron chi connectivity index (χ0n) is 15.5. The van der Waals surface area contributed by atoms with Gasteiger partial charge in [-0.05, 0) is 6.07 Å². The minimum absolute atomic E-state index is 0.209. The van der Waals surface area contributed by atoms with Gasteiger partial charge in [-0.3, -0.25) is 0 Å². The van der Waals surface area contributed by atoms with Gasteiger partial charge in [0.1, 0.15) is 17.8 Å². The predicted octanol–water partition coefficient (Wildman–Crippen LogP) is 2.36. The molecule has 1 aliphatic rings. The van der Waals surface area contributed by atoms with Crippen LogP contribution in [0.4, 0.5) is 24.8 Å². The van der Waals surface area contributed by atoms with Crippen LogP contribution in [0.25, 0.3) is 16.7 Å². The van der Waals surface area contributed by atoms with E-state index in [0.717, 1.165) is 23.0 Å². The molecule has 0 aliphatic carbocycles. The van der Waals surface area contributed by atoms with Crippen LogP contribution in [-0.4, -0.2) is 55.1 Å². The number of alkyl halides is 3. The number of piperazine rings is 1. The summed E-state index contributed by atoms with van der Waals surface area (Å²) in [7, 11) is 1.93. The van der Waals surface area contributed by atoms with Gasteiger partial charge in [0.25, 0.3) is 0 Å². The van der Waals surface area contributed by atoms with Crippen molar-refractivity contribution in [3.8, 4) is 0 Å². The first-order chi connectivity index (χ1) is 13.9.